The van der Waals surface area contributed by atoms with Gasteiger partial charge < -0.3 is 10.5 Å². The quantitative estimate of drug-likeness (QED) is 0.512. The smallest absolute Gasteiger partial charge is 0.343 e. The maximum atomic E-state index is 11.8. The van der Waals surface area contributed by atoms with E-state index in [0.717, 1.165) is 5.56 Å². The summed E-state index contributed by atoms with van der Waals surface area (Å²) in [5.41, 5.74) is 7.46. The molecular formula is C14H12ClNO2. The van der Waals surface area contributed by atoms with Gasteiger partial charge in [0.05, 0.1) is 16.3 Å². The summed E-state index contributed by atoms with van der Waals surface area (Å²) < 4.78 is 5.21. The summed E-state index contributed by atoms with van der Waals surface area (Å²) in [5, 5.41) is 0.418. The summed E-state index contributed by atoms with van der Waals surface area (Å²) >= 11 is 5.79. The van der Waals surface area contributed by atoms with Crippen molar-refractivity contribution in [2.75, 3.05) is 5.73 Å². The van der Waals surface area contributed by atoms with Gasteiger partial charge in [-0.05, 0) is 37.3 Å². The maximum Gasteiger partial charge on any atom is 0.343 e. The number of rotatable bonds is 2. The minimum Gasteiger partial charge on any atom is -0.423 e. The molecule has 18 heavy (non-hydrogen) atoms. The number of ether oxygens (including phenoxy) is 1. The van der Waals surface area contributed by atoms with Crippen LogP contribution in [-0.4, -0.2) is 5.97 Å². The molecule has 2 rings (SSSR count). The first kappa shape index (κ1) is 12.5. The van der Waals surface area contributed by atoms with Crippen LogP contribution < -0.4 is 10.5 Å². The van der Waals surface area contributed by atoms with E-state index >= 15 is 0 Å². The molecule has 0 radical (unpaired) electrons. The number of nitrogens with two attached hydrogens (primary N) is 1. The van der Waals surface area contributed by atoms with E-state index in [0.29, 0.717) is 22.0 Å². The van der Waals surface area contributed by atoms with Crippen molar-refractivity contribution in [2.45, 2.75) is 6.92 Å². The van der Waals surface area contributed by atoms with Crippen LogP contribution in [0.15, 0.2) is 42.5 Å². The molecule has 0 saturated carbocycles. The molecule has 0 unspecified atom stereocenters. The Morgan fingerprint density at radius 1 is 1.17 bits per heavy atom. The number of carbonyl (C=O) groups excluding carboxylic acids is 1. The molecule has 92 valence electrons. The lowest BCUT2D eigenvalue weighted by molar-refractivity contribution is 0.0735. The highest BCUT2D eigenvalue weighted by atomic mass is 35.5. The average molecular weight is 262 g/mol. The van der Waals surface area contributed by atoms with Crippen LogP contribution in [0.4, 0.5) is 5.69 Å². The molecule has 0 fully saturated rings. The van der Waals surface area contributed by atoms with E-state index < -0.39 is 5.97 Å². The van der Waals surface area contributed by atoms with Crippen LogP contribution in [0.5, 0.6) is 5.75 Å². The van der Waals surface area contributed by atoms with Crippen molar-refractivity contribution in [3.05, 3.63) is 58.6 Å². The topological polar surface area (TPSA) is 52.3 Å². The first-order chi connectivity index (χ1) is 8.56. The van der Waals surface area contributed by atoms with Crippen LogP contribution in [-0.2, 0) is 0 Å². The van der Waals surface area contributed by atoms with Gasteiger partial charge in [0.1, 0.15) is 5.75 Å². The van der Waals surface area contributed by atoms with Gasteiger partial charge in [0, 0.05) is 0 Å². The third kappa shape index (κ3) is 2.81. The van der Waals surface area contributed by atoms with Crippen LogP contribution >= 0.6 is 11.6 Å². The lowest BCUT2D eigenvalue weighted by Crippen LogP contribution is -2.08. The van der Waals surface area contributed by atoms with E-state index in [9.17, 15) is 4.79 Å². The van der Waals surface area contributed by atoms with Crippen molar-refractivity contribution >= 4 is 23.3 Å². The molecule has 0 aliphatic heterocycles. The van der Waals surface area contributed by atoms with Gasteiger partial charge in [-0.3, -0.25) is 0 Å². The molecule has 0 atom stereocenters. The molecule has 2 N–H and O–H groups in total. The largest absolute Gasteiger partial charge is 0.423 e. The zero-order valence-corrected chi connectivity index (χ0v) is 10.6. The average Bonchev–Trinajstić information content (AvgIpc) is 2.35. The summed E-state index contributed by atoms with van der Waals surface area (Å²) in [6.45, 7) is 1.96. The monoisotopic (exact) mass is 261 g/mol. The van der Waals surface area contributed by atoms with Crippen molar-refractivity contribution < 1.29 is 9.53 Å². The Labute approximate surface area is 110 Å². The molecule has 0 aliphatic carbocycles. The first-order valence-corrected chi connectivity index (χ1v) is 5.78. The first-order valence-electron chi connectivity index (χ1n) is 5.40. The molecule has 2 aromatic carbocycles. The summed E-state index contributed by atoms with van der Waals surface area (Å²) in [4.78, 5) is 11.8. The number of halogens is 1. The van der Waals surface area contributed by atoms with E-state index in [1.165, 1.54) is 6.07 Å². The maximum absolute atomic E-state index is 11.8. The third-order valence-corrected chi connectivity index (χ3v) is 2.81. The summed E-state index contributed by atoms with van der Waals surface area (Å²) in [6.07, 6.45) is 0. The van der Waals surface area contributed by atoms with E-state index in [-0.39, 0.29) is 0 Å². The minimum atomic E-state index is -0.456. The van der Waals surface area contributed by atoms with Crippen LogP contribution in [0, 0.1) is 6.92 Å². The van der Waals surface area contributed by atoms with E-state index in [2.05, 4.69) is 0 Å². The van der Waals surface area contributed by atoms with Gasteiger partial charge in [-0.2, -0.15) is 0 Å². The second-order valence-electron chi connectivity index (χ2n) is 3.94. The number of hydrogen-bond acceptors (Lipinski definition) is 3. The number of nitrogen functional groups attached to an aromatic ring is 1. The Kier molecular flexibility index (Phi) is 3.53. The SMILES string of the molecule is Cc1ccc(OC(=O)c2ccc(Cl)c(N)c2)cc1. The zero-order valence-electron chi connectivity index (χ0n) is 9.81. The summed E-state index contributed by atoms with van der Waals surface area (Å²) in [6, 6.07) is 11.9. The predicted molar refractivity (Wildman–Crippen MR) is 72.0 cm³/mol. The van der Waals surface area contributed by atoms with Gasteiger partial charge in [0.2, 0.25) is 0 Å². The number of carbonyl (C=O) groups is 1. The van der Waals surface area contributed by atoms with Crippen LogP contribution in [0.3, 0.4) is 0 Å². The Morgan fingerprint density at radius 3 is 2.44 bits per heavy atom. The predicted octanol–water partition coefficient (Wildman–Crippen LogP) is 3.45. The number of anilines is 1. The van der Waals surface area contributed by atoms with Crippen molar-refractivity contribution in [3.63, 3.8) is 0 Å². The number of esters is 1. The molecule has 0 bridgehead atoms. The van der Waals surface area contributed by atoms with Crippen molar-refractivity contribution in [3.8, 4) is 5.75 Å². The van der Waals surface area contributed by atoms with Crippen molar-refractivity contribution in [1.29, 1.82) is 0 Å². The fourth-order valence-electron chi connectivity index (χ4n) is 1.44. The second kappa shape index (κ2) is 5.10. The van der Waals surface area contributed by atoms with Gasteiger partial charge in [-0.15, -0.1) is 0 Å². The number of aryl methyl sites for hydroxylation is 1. The van der Waals surface area contributed by atoms with Crippen LogP contribution in [0.2, 0.25) is 5.02 Å². The zero-order chi connectivity index (χ0) is 13.1. The van der Waals surface area contributed by atoms with Crippen LogP contribution in [0.1, 0.15) is 15.9 Å². The minimum absolute atomic E-state index is 0.357. The molecule has 0 aliphatic rings. The highest BCUT2D eigenvalue weighted by Gasteiger charge is 2.10. The van der Waals surface area contributed by atoms with Gasteiger partial charge in [0.15, 0.2) is 0 Å². The number of benzene rings is 2. The molecule has 0 amide bonds. The second-order valence-corrected chi connectivity index (χ2v) is 4.35. The molecule has 0 saturated heterocycles. The molecule has 0 spiro atoms. The number of hydrogen-bond donors (Lipinski definition) is 1. The summed E-state index contributed by atoms with van der Waals surface area (Å²) in [7, 11) is 0. The molecular weight excluding hydrogens is 250 g/mol. The van der Waals surface area contributed by atoms with Gasteiger partial charge in [-0.1, -0.05) is 29.3 Å². The Hall–Kier alpha value is -2.00. The Morgan fingerprint density at radius 2 is 1.83 bits per heavy atom. The van der Waals surface area contributed by atoms with Gasteiger partial charge in [-0.25, -0.2) is 4.79 Å². The Bertz CT molecular complexity index is 579. The Balaban J connectivity index is 2.16. The van der Waals surface area contributed by atoms with Gasteiger partial charge in [0.25, 0.3) is 0 Å². The highest BCUT2D eigenvalue weighted by molar-refractivity contribution is 6.33. The van der Waals surface area contributed by atoms with E-state index in [1.807, 2.05) is 19.1 Å². The van der Waals surface area contributed by atoms with Gasteiger partial charge >= 0.3 is 5.97 Å². The van der Waals surface area contributed by atoms with Crippen LogP contribution in [0.25, 0.3) is 0 Å². The van der Waals surface area contributed by atoms with E-state index in [4.69, 9.17) is 22.1 Å². The lowest BCUT2D eigenvalue weighted by atomic mass is 10.2. The molecule has 0 aromatic heterocycles. The molecule has 4 heteroatoms. The fraction of sp³-hybridized carbons (Fsp3) is 0.0714. The lowest BCUT2D eigenvalue weighted by Gasteiger charge is -2.06. The van der Waals surface area contributed by atoms with Crippen molar-refractivity contribution in [2.24, 2.45) is 0 Å². The van der Waals surface area contributed by atoms with Crippen molar-refractivity contribution in [1.82, 2.24) is 0 Å². The molecule has 0 heterocycles. The van der Waals surface area contributed by atoms with E-state index in [1.54, 1.807) is 24.3 Å². The fourth-order valence-corrected chi connectivity index (χ4v) is 1.56. The molecule has 2 aromatic rings. The molecule has 3 nitrogen and oxygen atoms in total. The highest BCUT2D eigenvalue weighted by Crippen LogP contribution is 2.21. The standard InChI is InChI=1S/C14H12ClNO2/c1-9-2-5-11(6-3-9)18-14(17)10-4-7-12(15)13(16)8-10/h2-8H,16H2,1H3. The third-order valence-electron chi connectivity index (χ3n) is 2.46. The normalized spacial score (nSPS) is 10.1. The summed E-state index contributed by atoms with van der Waals surface area (Å²) in [5.74, 6) is 0.0429.